The summed E-state index contributed by atoms with van der Waals surface area (Å²) < 4.78 is 5.06. The van der Waals surface area contributed by atoms with Gasteiger partial charge in [0.2, 0.25) is 5.91 Å². The summed E-state index contributed by atoms with van der Waals surface area (Å²) in [5.41, 5.74) is 2.28. The maximum atomic E-state index is 12.8. The molecule has 0 unspecified atom stereocenters. The second-order valence-corrected chi connectivity index (χ2v) is 9.62. The molecule has 2 aliphatic heterocycles. The summed E-state index contributed by atoms with van der Waals surface area (Å²) in [4.78, 5) is 43.0. The number of piperidine rings is 1. The minimum absolute atomic E-state index is 0.0468. The number of benzene rings is 2. The first-order valence-electron chi connectivity index (χ1n) is 10.7. The van der Waals surface area contributed by atoms with Gasteiger partial charge in [0.05, 0.1) is 5.52 Å². The van der Waals surface area contributed by atoms with E-state index < -0.39 is 5.76 Å². The first-order chi connectivity index (χ1) is 15.8. The number of oxazole rings is 1. The van der Waals surface area contributed by atoms with Crippen molar-refractivity contribution in [2.75, 3.05) is 26.2 Å². The molecule has 7 nitrogen and oxygen atoms in total. The highest BCUT2D eigenvalue weighted by molar-refractivity contribution is 6.34. The van der Waals surface area contributed by atoms with Crippen molar-refractivity contribution in [1.82, 2.24) is 14.8 Å². The van der Waals surface area contributed by atoms with Gasteiger partial charge in [0.1, 0.15) is 0 Å². The number of carbonyl (C=O) groups excluding carboxylic acids is 2. The molecule has 0 atom stereocenters. The van der Waals surface area contributed by atoms with Crippen LogP contribution in [0.15, 0.2) is 51.7 Å². The van der Waals surface area contributed by atoms with Crippen LogP contribution in [0.25, 0.3) is 17.2 Å². The van der Waals surface area contributed by atoms with E-state index in [-0.39, 0.29) is 17.2 Å². The zero-order chi connectivity index (χ0) is 23.2. The van der Waals surface area contributed by atoms with Gasteiger partial charge in [-0.1, -0.05) is 23.2 Å². The summed E-state index contributed by atoms with van der Waals surface area (Å²) in [7, 11) is 0. The molecular weight excluding hydrogens is 465 g/mol. The predicted molar refractivity (Wildman–Crippen MR) is 126 cm³/mol. The van der Waals surface area contributed by atoms with Crippen LogP contribution >= 0.6 is 23.2 Å². The van der Waals surface area contributed by atoms with Crippen molar-refractivity contribution in [3.63, 3.8) is 0 Å². The van der Waals surface area contributed by atoms with Crippen molar-refractivity contribution in [1.29, 1.82) is 0 Å². The number of fused-ring (bicyclic) bond motifs is 1. The Morgan fingerprint density at radius 3 is 2.39 bits per heavy atom. The third kappa shape index (κ3) is 4.43. The molecule has 0 bridgehead atoms. The topological polar surface area (TPSA) is 86.6 Å². The van der Waals surface area contributed by atoms with Gasteiger partial charge >= 0.3 is 5.76 Å². The lowest BCUT2D eigenvalue weighted by Crippen LogP contribution is -2.62. The Morgan fingerprint density at radius 1 is 1.00 bits per heavy atom. The lowest BCUT2D eigenvalue weighted by Gasteiger charge is -2.53. The molecule has 0 saturated carbocycles. The van der Waals surface area contributed by atoms with E-state index in [1.54, 1.807) is 48.6 Å². The van der Waals surface area contributed by atoms with E-state index in [1.165, 1.54) is 0 Å². The molecule has 33 heavy (non-hydrogen) atoms. The monoisotopic (exact) mass is 485 g/mol. The minimum atomic E-state index is -0.537. The molecule has 1 spiro atoms. The maximum absolute atomic E-state index is 12.8. The molecule has 9 heteroatoms. The number of hydrogen-bond donors (Lipinski definition) is 1. The molecule has 2 saturated heterocycles. The van der Waals surface area contributed by atoms with E-state index in [1.807, 2.05) is 9.80 Å². The number of rotatable bonds is 3. The number of aromatic amines is 1. The van der Waals surface area contributed by atoms with Crippen molar-refractivity contribution in [3.05, 3.63) is 74.2 Å². The number of amides is 2. The summed E-state index contributed by atoms with van der Waals surface area (Å²) in [6.07, 6.45) is 4.97. The molecule has 3 heterocycles. The molecule has 5 rings (SSSR count). The zero-order valence-electron chi connectivity index (χ0n) is 17.6. The van der Waals surface area contributed by atoms with Gasteiger partial charge in [-0.25, -0.2) is 4.79 Å². The maximum Gasteiger partial charge on any atom is 0.417 e. The van der Waals surface area contributed by atoms with Gasteiger partial charge in [-0.2, -0.15) is 0 Å². The number of aromatic nitrogens is 1. The van der Waals surface area contributed by atoms with Crippen LogP contribution in [0.3, 0.4) is 0 Å². The van der Waals surface area contributed by atoms with Crippen LogP contribution in [-0.4, -0.2) is 52.8 Å². The standard InChI is InChI=1S/C24H21Cl2N3O4/c25-17-9-15(10-18(26)12-17)1-4-21(30)28-7-5-24(6-8-28)13-29(14-24)22(31)16-2-3-19-20(11-16)33-23(32)27-19/h1-4,9-12H,5-8,13-14H2,(H,27,32)/b4-1+. The molecule has 0 radical (unpaired) electrons. The highest BCUT2D eigenvalue weighted by atomic mass is 35.5. The molecular formula is C24H21Cl2N3O4. The first-order valence-corrected chi connectivity index (χ1v) is 11.4. The Kier molecular flexibility index (Phi) is 5.54. The number of likely N-dealkylation sites (tertiary alicyclic amines) is 2. The largest absolute Gasteiger partial charge is 0.417 e. The third-order valence-electron chi connectivity index (χ3n) is 6.45. The Bertz CT molecular complexity index is 1310. The smallest absolute Gasteiger partial charge is 0.408 e. The summed E-state index contributed by atoms with van der Waals surface area (Å²) in [6, 6.07) is 10.1. The Hall–Kier alpha value is -3.03. The summed E-state index contributed by atoms with van der Waals surface area (Å²) in [5, 5.41) is 1.05. The average Bonchev–Trinajstić information content (AvgIpc) is 3.14. The van der Waals surface area contributed by atoms with E-state index in [0.717, 1.165) is 18.4 Å². The number of halogens is 2. The number of carbonyl (C=O) groups is 2. The summed E-state index contributed by atoms with van der Waals surface area (Å²) >= 11 is 12.0. The normalized spacial score (nSPS) is 17.6. The van der Waals surface area contributed by atoms with Gasteiger partial charge < -0.3 is 14.2 Å². The average molecular weight is 486 g/mol. The zero-order valence-corrected chi connectivity index (χ0v) is 19.2. The lowest BCUT2D eigenvalue weighted by molar-refractivity contribution is -0.130. The fraction of sp³-hybridized carbons (Fsp3) is 0.292. The van der Waals surface area contributed by atoms with E-state index in [9.17, 15) is 14.4 Å². The van der Waals surface area contributed by atoms with Gasteiger partial charge in [-0.05, 0) is 60.9 Å². The third-order valence-corrected chi connectivity index (χ3v) is 6.88. The van der Waals surface area contributed by atoms with Crippen LogP contribution < -0.4 is 5.76 Å². The molecule has 1 aromatic heterocycles. The van der Waals surface area contributed by atoms with Gasteiger partial charge in [-0.15, -0.1) is 0 Å². The highest BCUT2D eigenvalue weighted by Crippen LogP contribution is 2.41. The Labute approximate surface area is 199 Å². The second-order valence-electron chi connectivity index (χ2n) is 8.75. The van der Waals surface area contributed by atoms with Gasteiger partial charge in [-0.3, -0.25) is 14.6 Å². The van der Waals surface area contributed by atoms with Crippen LogP contribution in [-0.2, 0) is 4.79 Å². The molecule has 3 aromatic rings. The van der Waals surface area contributed by atoms with Crippen molar-refractivity contribution in [2.24, 2.45) is 5.41 Å². The van der Waals surface area contributed by atoms with Crippen molar-refractivity contribution < 1.29 is 14.0 Å². The first kappa shape index (κ1) is 21.8. The number of nitrogens with zero attached hydrogens (tertiary/aromatic N) is 2. The second kappa shape index (κ2) is 8.39. The predicted octanol–water partition coefficient (Wildman–Crippen LogP) is 4.21. The van der Waals surface area contributed by atoms with Crippen molar-refractivity contribution in [2.45, 2.75) is 12.8 Å². The number of nitrogens with one attached hydrogen (secondary N) is 1. The quantitative estimate of drug-likeness (QED) is 0.563. The van der Waals surface area contributed by atoms with Gasteiger partial charge in [0, 0.05) is 53.3 Å². The van der Waals surface area contributed by atoms with Crippen molar-refractivity contribution in [3.8, 4) is 0 Å². The van der Waals surface area contributed by atoms with E-state index in [0.29, 0.717) is 52.9 Å². The number of hydrogen-bond acceptors (Lipinski definition) is 4. The fourth-order valence-electron chi connectivity index (χ4n) is 4.63. The van der Waals surface area contributed by atoms with E-state index >= 15 is 0 Å². The Morgan fingerprint density at radius 2 is 1.70 bits per heavy atom. The molecule has 2 amide bonds. The van der Waals surface area contributed by atoms with Crippen LogP contribution in [0.1, 0.15) is 28.8 Å². The van der Waals surface area contributed by atoms with Crippen LogP contribution in [0.5, 0.6) is 0 Å². The fourth-order valence-corrected chi connectivity index (χ4v) is 5.17. The summed E-state index contributed by atoms with van der Waals surface area (Å²) in [5.74, 6) is -0.660. The van der Waals surface area contributed by atoms with E-state index in [2.05, 4.69) is 4.98 Å². The molecule has 0 aliphatic carbocycles. The molecule has 2 aliphatic rings. The van der Waals surface area contributed by atoms with Crippen LogP contribution in [0.4, 0.5) is 0 Å². The summed E-state index contributed by atoms with van der Waals surface area (Å²) in [6.45, 7) is 2.64. The van der Waals surface area contributed by atoms with Gasteiger partial charge in [0.15, 0.2) is 5.58 Å². The molecule has 170 valence electrons. The lowest BCUT2D eigenvalue weighted by atomic mass is 9.71. The number of H-pyrrole nitrogens is 1. The van der Waals surface area contributed by atoms with Gasteiger partial charge in [0.25, 0.3) is 5.91 Å². The molecule has 2 fully saturated rings. The van der Waals surface area contributed by atoms with E-state index in [4.69, 9.17) is 27.6 Å². The molecule has 2 aromatic carbocycles. The SMILES string of the molecule is O=C(/C=C/c1cc(Cl)cc(Cl)c1)N1CCC2(CC1)CN(C(=O)c1ccc3[nH]c(=O)oc3c1)C2. The minimum Gasteiger partial charge on any atom is -0.408 e. The van der Waals surface area contributed by atoms with Crippen LogP contribution in [0, 0.1) is 5.41 Å². The molecule has 1 N–H and O–H groups in total. The van der Waals surface area contributed by atoms with Crippen LogP contribution in [0.2, 0.25) is 10.0 Å². The van der Waals surface area contributed by atoms with Crippen molar-refractivity contribution >= 4 is 52.2 Å². The Balaban J connectivity index is 1.16. The highest BCUT2D eigenvalue weighted by Gasteiger charge is 2.47.